The van der Waals surface area contributed by atoms with E-state index >= 15 is 0 Å². The minimum atomic E-state index is -0.676. The van der Waals surface area contributed by atoms with E-state index in [-0.39, 0.29) is 29.3 Å². The van der Waals surface area contributed by atoms with Gasteiger partial charge in [0.05, 0.1) is 28.1 Å². The maximum atomic E-state index is 11.0. The number of benzene rings is 1. The number of non-ortho nitro benzene ring substituents is 1. The molecule has 2 rings (SSSR count). The van der Waals surface area contributed by atoms with Crippen LogP contribution in [0.2, 0.25) is 0 Å². The Hall–Kier alpha value is -2.55. The lowest BCUT2D eigenvalue weighted by Crippen LogP contribution is -2.29. The summed E-state index contributed by atoms with van der Waals surface area (Å²) in [5.41, 5.74) is 2.89. The molecule has 0 saturated carbocycles. The number of rotatable bonds is 4. The van der Waals surface area contributed by atoms with Gasteiger partial charge in [-0.1, -0.05) is 0 Å². The predicted molar refractivity (Wildman–Crippen MR) is 80.1 cm³/mol. The van der Waals surface area contributed by atoms with Gasteiger partial charge in [0.2, 0.25) is 0 Å². The molecule has 2 atom stereocenters. The van der Waals surface area contributed by atoms with Crippen LogP contribution in [0.5, 0.6) is 0 Å². The molecule has 9 nitrogen and oxygen atoms in total. The van der Waals surface area contributed by atoms with Crippen molar-refractivity contribution >= 4 is 22.8 Å². The highest BCUT2D eigenvalue weighted by Gasteiger charge is 2.22. The zero-order chi connectivity index (χ0) is 16.3. The largest absolute Gasteiger partial charge is 0.375 e. The van der Waals surface area contributed by atoms with Gasteiger partial charge in [-0.2, -0.15) is 5.10 Å². The van der Waals surface area contributed by atoms with Crippen LogP contribution in [0.3, 0.4) is 0 Å². The van der Waals surface area contributed by atoms with Crippen LogP contribution in [-0.4, -0.2) is 27.8 Å². The predicted octanol–water partition coefficient (Wildman–Crippen LogP) is 2.86. The summed E-state index contributed by atoms with van der Waals surface area (Å²) in [5, 5.41) is 25.9. The Morgan fingerprint density at radius 3 is 2.36 bits per heavy atom. The van der Waals surface area contributed by atoms with E-state index in [0.29, 0.717) is 12.8 Å². The highest BCUT2D eigenvalue weighted by Crippen LogP contribution is 2.29. The summed E-state index contributed by atoms with van der Waals surface area (Å²) in [6.45, 7) is 3.86. The number of nitrogens with one attached hydrogen (secondary N) is 1. The van der Waals surface area contributed by atoms with Gasteiger partial charge < -0.3 is 4.74 Å². The number of ether oxygens (including phenoxy) is 1. The number of anilines is 1. The molecule has 0 aliphatic carbocycles. The van der Waals surface area contributed by atoms with Crippen LogP contribution < -0.4 is 5.43 Å². The van der Waals surface area contributed by atoms with Gasteiger partial charge in [-0.3, -0.25) is 25.7 Å². The summed E-state index contributed by atoms with van der Waals surface area (Å²) in [6.07, 6.45) is 1.35. The third-order valence-electron chi connectivity index (χ3n) is 3.23. The SMILES string of the molecule is CC1CC(=NNc2ccc([N+](=O)[O-])cc2[N+](=O)[O-])CC(C)O1. The summed E-state index contributed by atoms with van der Waals surface area (Å²) >= 11 is 0. The third-order valence-corrected chi connectivity index (χ3v) is 3.23. The Bertz CT molecular complexity index is 619. The van der Waals surface area contributed by atoms with Gasteiger partial charge in [0.1, 0.15) is 5.69 Å². The van der Waals surface area contributed by atoms with Crippen molar-refractivity contribution < 1.29 is 14.6 Å². The minimum absolute atomic E-state index is 0.0381. The van der Waals surface area contributed by atoms with Crippen LogP contribution in [0.4, 0.5) is 17.1 Å². The molecule has 0 bridgehead atoms. The second-order valence-electron chi connectivity index (χ2n) is 5.17. The summed E-state index contributed by atoms with van der Waals surface area (Å²) < 4.78 is 5.58. The van der Waals surface area contributed by atoms with Crippen LogP contribution in [0.25, 0.3) is 0 Å². The Balaban J connectivity index is 2.22. The molecule has 22 heavy (non-hydrogen) atoms. The monoisotopic (exact) mass is 308 g/mol. The topological polar surface area (TPSA) is 120 Å². The highest BCUT2D eigenvalue weighted by atomic mass is 16.6. The van der Waals surface area contributed by atoms with E-state index < -0.39 is 9.85 Å². The number of nitro benzene ring substituents is 2. The van der Waals surface area contributed by atoms with Crippen molar-refractivity contribution in [3.05, 3.63) is 38.4 Å². The van der Waals surface area contributed by atoms with E-state index in [1.165, 1.54) is 12.1 Å². The van der Waals surface area contributed by atoms with Crippen molar-refractivity contribution in [2.24, 2.45) is 5.10 Å². The Morgan fingerprint density at radius 2 is 1.82 bits per heavy atom. The van der Waals surface area contributed by atoms with Crippen LogP contribution in [0.1, 0.15) is 26.7 Å². The first-order valence-electron chi connectivity index (χ1n) is 6.76. The molecule has 0 amide bonds. The van der Waals surface area contributed by atoms with Crippen molar-refractivity contribution in [2.75, 3.05) is 5.43 Å². The fourth-order valence-corrected chi connectivity index (χ4v) is 2.35. The summed E-state index contributed by atoms with van der Waals surface area (Å²) in [7, 11) is 0. The van der Waals surface area contributed by atoms with Gasteiger partial charge in [0.25, 0.3) is 5.69 Å². The minimum Gasteiger partial charge on any atom is -0.375 e. The molecular formula is C13H16N4O5. The highest BCUT2D eigenvalue weighted by molar-refractivity contribution is 5.86. The van der Waals surface area contributed by atoms with E-state index in [1.807, 2.05) is 13.8 Å². The van der Waals surface area contributed by atoms with Crippen LogP contribution >= 0.6 is 0 Å². The molecule has 1 fully saturated rings. The van der Waals surface area contributed by atoms with E-state index in [1.54, 1.807) is 0 Å². The van der Waals surface area contributed by atoms with Crippen molar-refractivity contribution in [2.45, 2.75) is 38.9 Å². The van der Waals surface area contributed by atoms with Gasteiger partial charge in [-0.05, 0) is 19.9 Å². The molecule has 1 aromatic rings. The molecule has 0 radical (unpaired) electrons. The molecule has 0 spiro atoms. The second kappa shape index (κ2) is 6.48. The molecular weight excluding hydrogens is 292 g/mol. The normalized spacial score (nSPS) is 21.3. The first-order chi connectivity index (χ1) is 10.4. The van der Waals surface area contributed by atoms with E-state index in [2.05, 4.69) is 10.5 Å². The maximum absolute atomic E-state index is 11.0. The average molecular weight is 308 g/mol. The standard InChI is InChI=1S/C13H16N4O5/c1-8-5-10(6-9(2)22-8)14-15-12-4-3-11(16(18)19)7-13(12)17(20)21/h3-4,7-9,15H,5-6H2,1-2H3. The summed E-state index contributed by atoms with van der Waals surface area (Å²) in [6, 6.07) is 3.40. The third kappa shape index (κ3) is 3.76. The number of hydrazone groups is 1. The zero-order valence-corrected chi connectivity index (χ0v) is 12.2. The maximum Gasteiger partial charge on any atom is 0.301 e. The number of hydrogen-bond donors (Lipinski definition) is 1. The molecule has 2 unspecified atom stereocenters. The summed E-state index contributed by atoms with van der Waals surface area (Å²) in [4.78, 5) is 20.4. The van der Waals surface area contributed by atoms with Crippen molar-refractivity contribution in [1.29, 1.82) is 0 Å². The summed E-state index contributed by atoms with van der Waals surface area (Å²) in [5.74, 6) is 0. The molecule has 1 aliphatic rings. The molecule has 1 aromatic carbocycles. The molecule has 118 valence electrons. The Morgan fingerprint density at radius 1 is 1.18 bits per heavy atom. The smallest absolute Gasteiger partial charge is 0.301 e. The lowest BCUT2D eigenvalue weighted by atomic mass is 10.0. The van der Waals surface area contributed by atoms with Crippen LogP contribution in [-0.2, 0) is 4.74 Å². The van der Waals surface area contributed by atoms with Crippen molar-refractivity contribution in [1.82, 2.24) is 0 Å². The molecule has 1 aliphatic heterocycles. The quantitative estimate of drug-likeness (QED) is 0.674. The van der Waals surface area contributed by atoms with Crippen molar-refractivity contribution in [3.8, 4) is 0 Å². The fourth-order valence-electron chi connectivity index (χ4n) is 2.35. The molecule has 1 N–H and O–H groups in total. The first-order valence-corrected chi connectivity index (χ1v) is 6.76. The van der Waals surface area contributed by atoms with E-state index in [9.17, 15) is 20.2 Å². The Kier molecular flexibility index (Phi) is 4.66. The van der Waals surface area contributed by atoms with Gasteiger partial charge in [0.15, 0.2) is 0 Å². The van der Waals surface area contributed by atoms with Gasteiger partial charge in [-0.25, -0.2) is 0 Å². The van der Waals surface area contributed by atoms with Crippen molar-refractivity contribution in [3.63, 3.8) is 0 Å². The van der Waals surface area contributed by atoms with Gasteiger partial charge in [-0.15, -0.1) is 0 Å². The molecule has 9 heteroatoms. The van der Waals surface area contributed by atoms with E-state index in [4.69, 9.17) is 4.74 Å². The molecule has 1 heterocycles. The second-order valence-corrected chi connectivity index (χ2v) is 5.17. The first kappa shape index (κ1) is 15.8. The number of hydrogen-bond acceptors (Lipinski definition) is 7. The average Bonchev–Trinajstić information content (AvgIpc) is 2.43. The Labute approximate surface area is 126 Å². The lowest BCUT2D eigenvalue weighted by Gasteiger charge is -2.26. The van der Waals surface area contributed by atoms with Crippen LogP contribution in [0.15, 0.2) is 23.3 Å². The number of nitrogens with zero attached hydrogens (tertiary/aromatic N) is 3. The number of nitro groups is 2. The van der Waals surface area contributed by atoms with Gasteiger partial charge >= 0.3 is 5.69 Å². The van der Waals surface area contributed by atoms with Gasteiger partial charge in [0, 0.05) is 24.6 Å². The van der Waals surface area contributed by atoms with E-state index in [0.717, 1.165) is 11.8 Å². The lowest BCUT2D eigenvalue weighted by molar-refractivity contribution is -0.393. The zero-order valence-electron chi connectivity index (χ0n) is 12.2. The fraction of sp³-hybridized carbons (Fsp3) is 0.462. The molecule has 1 saturated heterocycles. The molecule has 0 aromatic heterocycles. The van der Waals surface area contributed by atoms with Crippen LogP contribution in [0, 0.1) is 20.2 Å².